The van der Waals surface area contributed by atoms with E-state index < -0.39 is 17.9 Å². The third-order valence-electron chi connectivity index (χ3n) is 3.95. The van der Waals surface area contributed by atoms with E-state index in [1.54, 1.807) is 23.1 Å². The van der Waals surface area contributed by atoms with Crippen LogP contribution in [-0.2, 0) is 9.53 Å². The number of esters is 1. The summed E-state index contributed by atoms with van der Waals surface area (Å²) in [5, 5.41) is 11.7. The summed E-state index contributed by atoms with van der Waals surface area (Å²) < 4.78 is 4.73. The van der Waals surface area contributed by atoms with Crippen molar-refractivity contribution in [2.24, 2.45) is 5.92 Å². The molecule has 2 amide bonds. The first-order valence-corrected chi connectivity index (χ1v) is 7.40. The number of hydrogen-bond donors (Lipinski definition) is 2. The van der Waals surface area contributed by atoms with Gasteiger partial charge in [0.1, 0.15) is 0 Å². The van der Waals surface area contributed by atoms with Gasteiger partial charge in [0, 0.05) is 13.1 Å². The quantitative estimate of drug-likeness (QED) is 0.832. The molecule has 0 spiro atoms. The molecule has 0 atom stereocenters. The fourth-order valence-corrected chi connectivity index (χ4v) is 2.57. The Hall–Kier alpha value is -2.57. The van der Waals surface area contributed by atoms with Gasteiger partial charge in [-0.15, -0.1) is 0 Å². The first-order valence-electron chi connectivity index (χ1n) is 7.40. The van der Waals surface area contributed by atoms with Gasteiger partial charge in [0.25, 0.3) is 0 Å². The number of nitrogens with zero attached hydrogens (tertiary/aromatic N) is 1. The third kappa shape index (κ3) is 4.00. The zero-order valence-corrected chi connectivity index (χ0v) is 13.2. The summed E-state index contributed by atoms with van der Waals surface area (Å²) in [6, 6.07) is 4.75. The number of carbonyl (C=O) groups excluding carboxylic acids is 2. The molecular weight excluding hydrogens is 300 g/mol. The molecule has 1 heterocycles. The Bertz CT molecular complexity index is 621. The van der Waals surface area contributed by atoms with Crippen molar-refractivity contribution in [2.45, 2.75) is 19.8 Å². The first-order chi connectivity index (χ1) is 10.9. The van der Waals surface area contributed by atoms with Crippen LogP contribution in [0.2, 0.25) is 0 Å². The van der Waals surface area contributed by atoms with E-state index in [4.69, 9.17) is 9.84 Å². The number of anilines is 1. The van der Waals surface area contributed by atoms with Crippen molar-refractivity contribution < 1.29 is 24.2 Å². The molecule has 1 fully saturated rings. The van der Waals surface area contributed by atoms with Crippen LogP contribution >= 0.6 is 0 Å². The lowest BCUT2D eigenvalue weighted by Gasteiger charge is -2.30. The van der Waals surface area contributed by atoms with Crippen molar-refractivity contribution in [3.63, 3.8) is 0 Å². The lowest BCUT2D eigenvalue weighted by Crippen LogP contribution is -2.42. The number of aryl methyl sites for hydroxylation is 1. The van der Waals surface area contributed by atoms with Gasteiger partial charge in [-0.1, -0.05) is 11.6 Å². The Morgan fingerprint density at radius 3 is 2.48 bits per heavy atom. The van der Waals surface area contributed by atoms with Gasteiger partial charge in [0.2, 0.25) is 0 Å². The number of urea groups is 1. The van der Waals surface area contributed by atoms with Crippen LogP contribution in [0.3, 0.4) is 0 Å². The van der Waals surface area contributed by atoms with Gasteiger partial charge < -0.3 is 20.1 Å². The highest BCUT2D eigenvalue weighted by Gasteiger charge is 2.27. The maximum Gasteiger partial charge on any atom is 0.339 e. The summed E-state index contributed by atoms with van der Waals surface area (Å²) in [5.74, 6) is -1.74. The number of benzene rings is 1. The van der Waals surface area contributed by atoms with Gasteiger partial charge in [-0.3, -0.25) is 4.79 Å². The molecule has 23 heavy (non-hydrogen) atoms. The predicted molar refractivity (Wildman–Crippen MR) is 83.5 cm³/mol. The first kappa shape index (κ1) is 16.8. The van der Waals surface area contributed by atoms with Gasteiger partial charge in [-0.2, -0.15) is 0 Å². The number of methoxy groups -OCH3 is 1. The Morgan fingerprint density at radius 2 is 1.91 bits per heavy atom. The highest BCUT2D eigenvalue weighted by atomic mass is 16.5. The minimum Gasteiger partial charge on any atom is -0.481 e. The molecule has 0 aromatic heterocycles. The van der Waals surface area contributed by atoms with Crippen molar-refractivity contribution in [3.05, 3.63) is 29.3 Å². The molecule has 1 aliphatic heterocycles. The number of rotatable bonds is 3. The van der Waals surface area contributed by atoms with Crippen LogP contribution in [0.15, 0.2) is 18.2 Å². The molecule has 7 heteroatoms. The second-order valence-electron chi connectivity index (χ2n) is 5.57. The molecular formula is C16H20N2O5. The van der Waals surface area contributed by atoms with Gasteiger partial charge in [0.05, 0.1) is 24.3 Å². The van der Waals surface area contributed by atoms with Gasteiger partial charge in [-0.25, -0.2) is 9.59 Å². The van der Waals surface area contributed by atoms with Crippen LogP contribution in [0.1, 0.15) is 28.8 Å². The van der Waals surface area contributed by atoms with Gasteiger partial charge >= 0.3 is 18.0 Å². The molecule has 2 N–H and O–H groups in total. The Balaban J connectivity index is 2.06. The second kappa shape index (κ2) is 7.13. The van der Waals surface area contributed by atoms with Crippen LogP contribution in [0, 0.1) is 12.8 Å². The summed E-state index contributed by atoms with van der Waals surface area (Å²) >= 11 is 0. The zero-order chi connectivity index (χ0) is 17.0. The van der Waals surface area contributed by atoms with E-state index >= 15 is 0 Å². The average molecular weight is 320 g/mol. The number of aliphatic carboxylic acids is 1. The van der Waals surface area contributed by atoms with E-state index in [9.17, 15) is 14.4 Å². The van der Waals surface area contributed by atoms with Crippen molar-refractivity contribution >= 4 is 23.7 Å². The number of carboxylic acid groups (broad SMARTS) is 1. The van der Waals surface area contributed by atoms with Crippen molar-refractivity contribution in [2.75, 3.05) is 25.5 Å². The third-order valence-corrected chi connectivity index (χ3v) is 3.95. The lowest BCUT2D eigenvalue weighted by atomic mass is 9.97. The average Bonchev–Trinajstić information content (AvgIpc) is 2.55. The van der Waals surface area contributed by atoms with Crippen LogP contribution in [-0.4, -0.2) is 48.2 Å². The van der Waals surface area contributed by atoms with Gasteiger partial charge in [0.15, 0.2) is 0 Å². The number of nitrogens with one attached hydrogen (secondary N) is 1. The van der Waals surface area contributed by atoms with E-state index in [0.717, 1.165) is 5.56 Å². The molecule has 0 aliphatic carbocycles. The molecule has 1 saturated heterocycles. The fraction of sp³-hybridized carbons (Fsp3) is 0.438. The minimum absolute atomic E-state index is 0.293. The minimum atomic E-state index is -0.823. The number of amides is 2. The normalized spacial score (nSPS) is 15.1. The molecule has 7 nitrogen and oxygen atoms in total. The summed E-state index contributed by atoms with van der Waals surface area (Å²) in [5.41, 5.74) is 1.56. The van der Waals surface area contributed by atoms with Crippen LogP contribution < -0.4 is 5.32 Å². The summed E-state index contributed by atoms with van der Waals surface area (Å²) in [6.07, 6.45) is 0.862. The van der Waals surface area contributed by atoms with Crippen LogP contribution in [0.5, 0.6) is 0 Å². The Labute approximate surface area is 134 Å². The Morgan fingerprint density at radius 1 is 1.26 bits per heavy atom. The van der Waals surface area contributed by atoms with E-state index in [0.29, 0.717) is 37.2 Å². The standard InChI is InChI=1S/C16H20N2O5/c1-10-3-4-13(12(9-10)15(21)23-2)17-16(22)18-7-5-11(6-8-18)14(19)20/h3-4,9,11H,5-8H2,1-2H3,(H,17,22)(H,19,20). The molecule has 1 aliphatic rings. The number of piperidine rings is 1. The number of ether oxygens (including phenoxy) is 1. The number of likely N-dealkylation sites (tertiary alicyclic amines) is 1. The molecule has 2 rings (SSSR count). The number of hydrogen-bond acceptors (Lipinski definition) is 4. The molecule has 0 radical (unpaired) electrons. The highest BCUT2D eigenvalue weighted by Crippen LogP contribution is 2.21. The van der Waals surface area contributed by atoms with E-state index in [2.05, 4.69) is 5.32 Å². The predicted octanol–water partition coefficient (Wildman–Crippen LogP) is 2.11. The Kier molecular flexibility index (Phi) is 5.20. The molecule has 0 saturated carbocycles. The second-order valence-corrected chi connectivity index (χ2v) is 5.57. The number of carbonyl (C=O) groups is 3. The van der Waals surface area contributed by atoms with Crippen molar-refractivity contribution in [1.82, 2.24) is 4.90 Å². The smallest absolute Gasteiger partial charge is 0.339 e. The maximum atomic E-state index is 12.3. The summed E-state index contributed by atoms with van der Waals surface area (Å²) in [4.78, 5) is 36.6. The summed E-state index contributed by atoms with van der Waals surface area (Å²) in [7, 11) is 1.28. The molecule has 0 bridgehead atoms. The van der Waals surface area contributed by atoms with Crippen molar-refractivity contribution in [3.8, 4) is 0 Å². The largest absolute Gasteiger partial charge is 0.481 e. The topological polar surface area (TPSA) is 95.9 Å². The van der Waals surface area contributed by atoms with Gasteiger partial charge in [-0.05, 0) is 31.9 Å². The number of carboxylic acids is 1. The van der Waals surface area contributed by atoms with E-state index in [-0.39, 0.29) is 6.03 Å². The maximum absolute atomic E-state index is 12.3. The van der Waals surface area contributed by atoms with Crippen molar-refractivity contribution in [1.29, 1.82) is 0 Å². The fourth-order valence-electron chi connectivity index (χ4n) is 2.57. The molecule has 1 aromatic rings. The molecule has 124 valence electrons. The lowest BCUT2D eigenvalue weighted by molar-refractivity contribution is -0.143. The molecule has 0 unspecified atom stereocenters. The van der Waals surface area contributed by atoms with Crippen LogP contribution in [0.4, 0.5) is 10.5 Å². The monoisotopic (exact) mass is 320 g/mol. The van der Waals surface area contributed by atoms with E-state index in [1.165, 1.54) is 7.11 Å². The highest BCUT2D eigenvalue weighted by molar-refractivity contribution is 6.01. The molecule has 1 aromatic carbocycles. The van der Waals surface area contributed by atoms with Crippen LogP contribution in [0.25, 0.3) is 0 Å². The SMILES string of the molecule is COC(=O)c1cc(C)ccc1NC(=O)N1CCC(C(=O)O)CC1. The zero-order valence-electron chi connectivity index (χ0n) is 13.2. The summed E-state index contributed by atoms with van der Waals surface area (Å²) in [6.45, 7) is 2.60. The van der Waals surface area contributed by atoms with E-state index in [1.807, 2.05) is 6.92 Å².